The zero-order valence-corrected chi connectivity index (χ0v) is 12.0. The Hall–Kier alpha value is -0.440. The van der Waals surface area contributed by atoms with E-state index in [1.54, 1.807) is 0 Å². The zero-order valence-electron chi connectivity index (χ0n) is 12.0. The Kier molecular flexibility index (Phi) is 6.27. The van der Waals surface area contributed by atoms with E-state index in [0.29, 0.717) is 0 Å². The van der Waals surface area contributed by atoms with Gasteiger partial charge in [-0.25, -0.2) is 0 Å². The lowest BCUT2D eigenvalue weighted by Gasteiger charge is -2.38. The molecule has 8 N–H and O–H groups in total. The van der Waals surface area contributed by atoms with Crippen molar-refractivity contribution in [2.24, 2.45) is 0 Å². The predicted octanol–water partition coefficient (Wildman–Crippen LogP) is -5.40. The van der Waals surface area contributed by atoms with E-state index in [1.807, 2.05) is 0 Å². The Morgan fingerprint density at radius 1 is 0.826 bits per heavy atom. The normalized spacial score (nSPS) is 49.3. The molecular formula is C12H22O11. The molecule has 0 spiro atoms. The summed E-state index contributed by atoms with van der Waals surface area (Å²) < 4.78 is 15.1. The Balaban J connectivity index is 1.90. The summed E-state index contributed by atoms with van der Waals surface area (Å²) in [7, 11) is 0. The largest absolute Gasteiger partial charge is 0.394 e. The van der Waals surface area contributed by atoms with Crippen LogP contribution in [-0.2, 0) is 14.2 Å². The summed E-state index contributed by atoms with van der Waals surface area (Å²) >= 11 is 0. The summed E-state index contributed by atoms with van der Waals surface area (Å²) in [5.41, 5.74) is 0. The number of rotatable bonds is 5. The van der Waals surface area contributed by atoms with Crippen LogP contribution in [-0.4, -0.2) is 115 Å². The van der Waals surface area contributed by atoms with Crippen molar-refractivity contribution < 1.29 is 55.1 Å². The number of hydrogen-bond acceptors (Lipinski definition) is 11. The van der Waals surface area contributed by atoms with Gasteiger partial charge >= 0.3 is 0 Å². The second-order valence-electron chi connectivity index (χ2n) is 5.57. The average molecular weight is 342 g/mol. The Labute approximate surface area is 130 Å². The topological polar surface area (TPSA) is 190 Å². The fourth-order valence-electron chi connectivity index (χ4n) is 2.49. The third kappa shape index (κ3) is 3.81. The van der Waals surface area contributed by atoms with Crippen LogP contribution in [0.5, 0.6) is 0 Å². The summed E-state index contributed by atoms with van der Waals surface area (Å²) in [6.45, 7) is -1.14. The highest BCUT2D eigenvalue weighted by Gasteiger charge is 2.48. The fraction of sp³-hybridized carbons (Fsp3) is 1.00. The summed E-state index contributed by atoms with van der Waals surface area (Å²) in [5.74, 6) is 0. The molecule has 2 aliphatic heterocycles. The third-order valence-corrected chi connectivity index (χ3v) is 3.93. The van der Waals surface area contributed by atoms with Gasteiger partial charge in [-0.15, -0.1) is 0 Å². The maximum Gasteiger partial charge on any atom is 0.186 e. The van der Waals surface area contributed by atoms with Crippen molar-refractivity contribution in [1.82, 2.24) is 0 Å². The van der Waals surface area contributed by atoms with Crippen LogP contribution < -0.4 is 0 Å². The summed E-state index contributed by atoms with van der Waals surface area (Å²) in [6.07, 6.45) is -15.0. The minimum Gasteiger partial charge on any atom is -0.394 e. The summed E-state index contributed by atoms with van der Waals surface area (Å²) in [5, 5.41) is 75.8. The molecule has 0 aromatic carbocycles. The van der Waals surface area contributed by atoms with E-state index in [4.69, 9.17) is 19.3 Å². The van der Waals surface area contributed by atoms with Gasteiger partial charge < -0.3 is 55.1 Å². The SMILES string of the molecule is OC[C@@H](O)[C@@H]1O[C@@H](OC[C@H]2OC(O)[C@@H](O)[C@@H](O)[C@@H]2O)[C@H](O)[C@H]1O. The number of aliphatic hydroxyl groups is 8. The Morgan fingerprint density at radius 2 is 1.48 bits per heavy atom. The van der Waals surface area contributed by atoms with Crippen LogP contribution in [0.1, 0.15) is 0 Å². The summed E-state index contributed by atoms with van der Waals surface area (Å²) in [4.78, 5) is 0. The van der Waals surface area contributed by atoms with Gasteiger partial charge in [-0.05, 0) is 0 Å². The van der Waals surface area contributed by atoms with Gasteiger partial charge in [-0.1, -0.05) is 0 Å². The second kappa shape index (κ2) is 7.63. The molecule has 2 aliphatic rings. The average Bonchev–Trinajstić information content (AvgIpc) is 2.82. The molecule has 0 saturated carbocycles. The number of hydrogen-bond donors (Lipinski definition) is 8. The number of aliphatic hydroxyl groups excluding tert-OH is 8. The quantitative estimate of drug-likeness (QED) is 0.238. The molecule has 2 heterocycles. The Bertz CT molecular complexity index is 382. The maximum atomic E-state index is 9.78. The van der Waals surface area contributed by atoms with Crippen LogP contribution in [0.25, 0.3) is 0 Å². The van der Waals surface area contributed by atoms with Gasteiger partial charge in [-0.2, -0.15) is 0 Å². The lowest BCUT2D eigenvalue weighted by atomic mass is 9.99. The molecule has 0 aromatic heterocycles. The Morgan fingerprint density at radius 3 is 2.09 bits per heavy atom. The molecular weight excluding hydrogens is 320 g/mol. The first-order chi connectivity index (χ1) is 10.8. The van der Waals surface area contributed by atoms with Crippen LogP contribution in [0, 0.1) is 0 Å². The molecule has 23 heavy (non-hydrogen) atoms. The van der Waals surface area contributed by atoms with E-state index in [1.165, 1.54) is 0 Å². The van der Waals surface area contributed by atoms with Crippen LogP contribution in [0.15, 0.2) is 0 Å². The van der Waals surface area contributed by atoms with E-state index in [0.717, 1.165) is 0 Å². The molecule has 11 nitrogen and oxygen atoms in total. The lowest BCUT2D eigenvalue weighted by molar-refractivity contribution is -0.298. The highest BCUT2D eigenvalue weighted by Crippen LogP contribution is 2.26. The molecule has 11 heteroatoms. The van der Waals surface area contributed by atoms with Crippen molar-refractivity contribution in [3.63, 3.8) is 0 Å². The van der Waals surface area contributed by atoms with Crippen LogP contribution >= 0.6 is 0 Å². The highest BCUT2D eigenvalue weighted by atomic mass is 16.7. The first-order valence-corrected chi connectivity index (χ1v) is 7.07. The van der Waals surface area contributed by atoms with Crippen molar-refractivity contribution in [2.75, 3.05) is 13.2 Å². The molecule has 0 bridgehead atoms. The van der Waals surface area contributed by atoms with Gasteiger partial charge in [-0.3, -0.25) is 0 Å². The molecule has 136 valence electrons. The van der Waals surface area contributed by atoms with Crippen molar-refractivity contribution in [1.29, 1.82) is 0 Å². The monoisotopic (exact) mass is 342 g/mol. The van der Waals surface area contributed by atoms with Crippen LogP contribution in [0.3, 0.4) is 0 Å². The minimum atomic E-state index is -1.73. The van der Waals surface area contributed by atoms with Gasteiger partial charge in [0.15, 0.2) is 12.6 Å². The molecule has 0 radical (unpaired) electrons. The smallest absolute Gasteiger partial charge is 0.186 e. The first kappa shape index (κ1) is 18.9. The van der Waals surface area contributed by atoms with Crippen molar-refractivity contribution in [3.05, 3.63) is 0 Å². The molecule has 10 atom stereocenters. The van der Waals surface area contributed by atoms with Crippen molar-refractivity contribution in [2.45, 2.75) is 61.4 Å². The molecule has 2 fully saturated rings. The van der Waals surface area contributed by atoms with E-state index in [-0.39, 0.29) is 0 Å². The van der Waals surface area contributed by atoms with Crippen molar-refractivity contribution in [3.8, 4) is 0 Å². The van der Waals surface area contributed by atoms with Gasteiger partial charge in [0.25, 0.3) is 0 Å². The van der Waals surface area contributed by atoms with Crippen LogP contribution in [0.2, 0.25) is 0 Å². The standard InChI is InChI=1S/C12H22O11/c13-1-3(14)10-7(17)9(19)12(23-10)21-2-4-5(15)6(16)8(18)11(20)22-4/h3-20H,1-2H2/t3-,4-,5-,6+,7-,8+,9-,10+,11?,12-/m1/s1. The molecule has 0 aliphatic carbocycles. The molecule has 0 amide bonds. The highest BCUT2D eigenvalue weighted by molar-refractivity contribution is 4.92. The van der Waals surface area contributed by atoms with Crippen LogP contribution in [0.4, 0.5) is 0 Å². The first-order valence-electron chi connectivity index (χ1n) is 7.07. The molecule has 1 unspecified atom stereocenters. The van der Waals surface area contributed by atoms with Gasteiger partial charge in [0.1, 0.15) is 48.8 Å². The van der Waals surface area contributed by atoms with E-state index in [9.17, 15) is 35.7 Å². The van der Waals surface area contributed by atoms with E-state index >= 15 is 0 Å². The number of ether oxygens (including phenoxy) is 3. The minimum absolute atomic E-state index is 0.446. The maximum absolute atomic E-state index is 9.78. The van der Waals surface area contributed by atoms with Gasteiger partial charge in [0.2, 0.25) is 0 Å². The summed E-state index contributed by atoms with van der Waals surface area (Å²) in [6, 6.07) is 0. The second-order valence-corrected chi connectivity index (χ2v) is 5.57. The van der Waals surface area contributed by atoms with E-state index in [2.05, 4.69) is 0 Å². The predicted molar refractivity (Wildman–Crippen MR) is 68.6 cm³/mol. The molecule has 0 aromatic rings. The molecule has 2 saturated heterocycles. The van der Waals surface area contributed by atoms with Gasteiger partial charge in [0.05, 0.1) is 13.2 Å². The fourth-order valence-corrected chi connectivity index (χ4v) is 2.49. The van der Waals surface area contributed by atoms with Gasteiger partial charge in [0, 0.05) is 0 Å². The van der Waals surface area contributed by atoms with Crippen molar-refractivity contribution >= 4 is 0 Å². The molecule has 2 rings (SSSR count). The van der Waals surface area contributed by atoms with E-state index < -0.39 is 74.6 Å². The zero-order chi connectivity index (χ0) is 17.3. The lowest BCUT2D eigenvalue weighted by Crippen LogP contribution is -2.58. The third-order valence-electron chi connectivity index (χ3n) is 3.93.